The summed E-state index contributed by atoms with van der Waals surface area (Å²) < 4.78 is 0. The lowest BCUT2D eigenvalue weighted by atomic mass is 10.2. The Labute approximate surface area is 72.6 Å². The van der Waals surface area contributed by atoms with Crippen LogP contribution in [0.5, 0.6) is 0 Å². The molecule has 0 fully saturated rings. The van der Waals surface area contributed by atoms with Crippen molar-refractivity contribution in [2.75, 3.05) is 0 Å². The largest absolute Gasteiger partial charge is 0.260 e. The van der Waals surface area contributed by atoms with E-state index in [9.17, 15) is 0 Å². The molecule has 0 saturated carbocycles. The minimum Gasteiger partial charge on any atom is -0.260 e. The second-order valence-electron chi connectivity index (χ2n) is 2.38. The molecule has 1 nitrogen and oxygen atoms in total. The van der Waals surface area contributed by atoms with Crippen molar-refractivity contribution in [3.05, 3.63) is 23.8 Å². The van der Waals surface area contributed by atoms with Gasteiger partial charge in [-0.25, -0.2) is 0 Å². The van der Waals surface area contributed by atoms with Crippen LogP contribution in [-0.2, 0) is 0 Å². The van der Waals surface area contributed by atoms with Crippen LogP contribution in [0, 0.1) is 6.92 Å². The number of benzene rings is 1. The molecule has 58 valence electrons. The molecule has 0 aromatic heterocycles. The van der Waals surface area contributed by atoms with Crippen LogP contribution in [0.4, 0.5) is 5.69 Å². The van der Waals surface area contributed by atoms with Crippen LogP contribution in [0.1, 0.15) is 12.5 Å². The maximum atomic E-state index is 4.29. The van der Waals surface area contributed by atoms with Crippen LogP contribution in [0.15, 0.2) is 28.1 Å². The van der Waals surface area contributed by atoms with E-state index in [0.717, 1.165) is 10.6 Å². The van der Waals surface area contributed by atoms with Crippen molar-refractivity contribution in [3.8, 4) is 0 Å². The molecular weight excluding hydrogens is 154 g/mol. The van der Waals surface area contributed by atoms with Crippen molar-refractivity contribution in [1.82, 2.24) is 0 Å². The van der Waals surface area contributed by atoms with Gasteiger partial charge in [0.2, 0.25) is 0 Å². The van der Waals surface area contributed by atoms with Crippen molar-refractivity contribution >= 4 is 24.5 Å². The third-order valence-electron chi connectivity index (χ3n) is 1.40. The van der Waals surface area contributed by atoms with Gasteiger partial charge in [0.25, 0.3) is 0 Å². The molecule has 1 aromatic carbocycles. The summed E-state index contributed by atoms with van der Waals surface area (Å²) in [5, 5.41) is 0. The van der Waals surface area contributed by atoms with E-state index in [1.54, 1.807) is 6.21 Å². The maximum Gasteiger partial charge on any atom is 0.0758 e. The normalized spacial score (nSPS) is 10.8. The molecule has 0 N–H and O–H groups in total. The first-order chi connectivity index (χ1) is 5.24. The molecule has 1 aromatic rings. The predicted molar refractivity (Wildman–Crippen MR) is 52.3 cm³/mol. The van der Waals surface area contributed by atoms with E-state index in [1.807, 2.05) is 32.0 Å². The molecule has 0 spiro atoms. The number of nitrogens with zero attached hydrogens (tertiary/aromatic N) is 1. The van der Waals surface area contributed by atoms with Gasteiger partial charge >= 0.3 is 0 Å². The van der Waals surface area contributed by atoms with Crippen LogP contribution in [-0.4, -0.2) is 6.21 Å². The standard InChI is InChI=1S/C9H11NS/c1-3-10-8-5-4-7(2)6-9(8)11/h3-6,11H,1-2H3. The quantitative estimate of drug-likeness (QED) is 0.485. The molecule has 0 saturated heterocycles. The highest BCUT2D eigenvalue weighted by molar-refractivity contribution is 7.80. The van der Waals surface area contributed by atoms with Gasteiger partial charge in [-0.1, -0.05) is 6.07 Å². The highest BCUT2D eigenvalue weighted by atomic mass is 32.1. The molecule has 1 rings (SSSR count). The maximum absolute atomic E-state index is 4.29. The van der Waals surface area contributed by atoms with E-state index in [2.05, 4.69) is 17.6 Å². The first-order valence-corrected chi connectivity index (χ1v) is 3.97. The third kappa shape index (κ3) is 2.09. The third-order valence-corrected chi connectivity index (χ3v) is 1.76. The first kappa shape index (κ1) is 8.34. The molecule has 0 unspecified atom stereocenters. The molecular formula is C9H11NS. The highest BCUT2D eigenvalue weighted by Crippen LogP contribution is 2.23. The first-order valence-electron chi connectivity index (χ1n) is 3.52. The lowest BCUT2D eigenvalue weighted by molar-refractivity contribution is 1.33. The molecule has 0 aliphatic rings. The summed E-state index contributed by atoms with van der Waals surface area (Å²) >= 11 is 4.29. The highest BCUT2D eigenvalue weighted by Gasteiger charge is 1.94. The van der Waals surface area contributed by atoms with Gasteiger partial charge in [0.15, 0.2) is 0 Å². The average Bonchev–Trinajstić information content (AvgIpc) is 1.95. The Balaban J connectivity index is 3.09. The van der Waals surface area contributed by atoms with Crippen molar-refractivity contribution in [3.63, 3.8) is 0 Å². The van der Waals surface area contributed by atoms with Gasteiger partial charge in [-0.3, -0.25) is 4.99 Å². The summed E-state index contributed by atoms with van der Waals surface area (Å²) in [5.41, 5.74) is 2.14. The van der Waals surface area contributed by atoms with Crippen molar-refractivity contribution in [1.29, 1.82) is 0 Å². The molecule has 0 aliphatic carbocycles. The number of thiol groups is 1. The minimum absolute atomic E-state index is 0.932. The second-order valence-corrected chi connectivity index (χ2v) is 2.86. The Morgan fingerprint density at radius 2 is 2.18 bits per heavy atom. The van der Waals surface area contributed by atoms with Gasteiger partial charge in [-0.05, 0) is 31.5 Å². The number of rotatable bonds is 1. The van der Waals surface area contributed by atoms with Crippen molar-refractivity contribution in [2.24, 2.45) is 4.99 Å². The zero-order chi connectivity index (χ0) is 8.27. The lowest BCUT2D eigenvalue weighted by Crippen LogP contribution is -1.73. The van der Waals surface area contributed by atoms with E-state index in [1.165, 1.54) is 5.56 Å². The fourth-order valence-corrected chi connectivity index (χ4v) is 1.22. The van der Waals surface area contributed by atoms with E-state index >= 15 is 0 Å². The van der Waals surface area contributed by atoms with Crippen molar-refractivity contribution < 1.29 is 0 Å². The van der Waals surface area contributed by atoms with Gasteiger partial charge in [0.1, 0.15) is 0 Å². The van der Waals surface area contributed by atoms with Crippen LogP contribution >= 0.6 is 12.6 Å². The topological polar surface area (TPSA) is 12.4 Å². The molecule has 0 radical (unpaired) electrons. The zero-order valence-corrected chi connectivity index (χ0v) is 7.60. The summed E-state index contributed by atoms with van der Waals surface area (Å²) in [4.78, 5) is 5.08. The minimum atomic E-state index is 0.932. The summed E-state index contributed by atoms with van der Waals surface area (Å²) in [6.07, 6.45) is 1.77. The molecule has 0 amide bonds. The van der Waals surface area contributed by atoms with Gasteiger partial charge in [0.05, 0.1) is 5.69 Å². The molecule has 2 heteroatoms. The molecule has 0 heterocycles. The van der Waals surface area contributed by atoms with Gasteiger partial charge in [0, 0.05) is 11.1 Å². The monoisotopic (exact) mass is 165 g/mol. The molecule has 11 heavy (non-hydrogen) atoms. The smallest absolute Gasteiger partial charge is 0.0758 e. The van der Waals surface area contributed by atoms with Crippen LogP contribution < -0.4 is 0 Å². The second kappa shape index (κ2) is 3.58. The lowest BCUT2D eigenvalue weighted by Gasteiger charge is -1.98. The van der Waals surface area contributed by atoms with Gasteiger partial charge < -0.3 is 0 Å². The molecule has 0 bridgehead atoms. The van der Waals surface area contributed by atoms with E-state index in [-0.39, 0.29) is 0 Å². The fourth-order valence-electron chi connectivity index (χ4n) is 0.882. The molecule has 0 atom stereocenters. The van der Waals surface area contributed by atoms with Gasteiger partial charge in [-0.2, -0.15) is 0 Å². The number of hydrogen-bond acceptors (Lipinski definition) is 2. The Morgan fingerprint density at radius 3 is 2.73 bits per heavy atom. The predicted octanol–water partition coefficient (Wildman–Crippen LogP) is 3.01. The Hall–Kier alpha value is -0.760. The zero-order valence-electron chi connectivity index (χ0n) is 6.70. The SMILES string of the molecule is CC=Nc1ccc(C)cc1S. The average molecular weight is 165 g/mol. The Kier molecular flexibility index (Phi) is 2.71. The van der Waals surface area contributed by atoms with Crippen LogP contribution in [0.25, 0.3) is 0 Å². The number of aliphatic imine (C=N–C) groups is 1. The summed E-state index contributed by atoms with van der Waals surface area (Å²) in [6.45, 7) is 3.94. The number of hydrogen-bond donors (Lipinski definition) is 1. The summed E-state index contributed by atoms with van der Waals surface area (Å²) in [6, 6.07) is 6.01. The fraction of sp³-hybridized carbons (Fsp3) is 0.222. The van der Waals surface area contributed by atoms with E-state index in [4.69, 9.17) is 0 Å². The summed E-state index contributed by atoms with van der Waals surface area (Å²) in [7, 11) is 0. The van der Waals surface area contributed by atoms with E-state index < -0.39 is 0 Å². The summed E-state index contributed by atoms with van der Waals surface area (Å²) in [5.74, 6) is 0. The van der Waals surface area contributed by atoms with Crippen LogP contribution in [0.2, 0.25) is 0 Å². The Morgan fingerprint density at radius 1 is 1.45 bits per heavy atom. The van der Waals surface area contributed by atoms with Crippen LogP contribution in [0.3, 0.4) is 0 Å². The molecule has 0 aliphatic heterocycles. The number of aryl methyl sites for hydroxylation is 1. The van der Waals surface area contributed by atoms with E-state index in [0.29, 0.717) is 0 Å². The van der Waals surface area contributed by atoms with Gasteiger partial charge in [-0.15, -0.1) is 12.6 Å². The van der Waals surface area contributed by atoms with Crippen molar-refractivity contribution in [2.45, 2.75) is 18.7 Å². The Bertz CT molecular complexity index is 279.